The number of aromatic nitrogens is 2. The third-order valence-corrected chi connectivity index (χ3v) is 5.22. The van der Waals surface area contributed by atoms with Gasteiger partial charge in [0.2, 0.25) is 0 Å². The number of fused-ring (bicyclic) bond motifs is 3. The Bertz CT molecular complexity index is 694. The predicted octanol–water partition coefficient (Wildman–Crippen LogP) is 3.88. The summed E-state index contributed by atoms with van der Waals surface area (Å²) >= 11 is 1.82. The highest BCUT2D eigenvalue weighted by Crippen LogP contribution is 2.36. The van der Waals surface area contributed by atoms with Crippen LogP contribution in [0.25, 0.3) is 4.96 Å². The van der Waals surface area contributed by atoms with Crippen LogP contribution in [0.1, 0.15) is 56.1 Å². The SMILES string of the molecule is CC1CCc2c(sc3nc(C(C)(C)C)c(CC#N)n23)C1. The molecule has 0 saturated heterocycles. The third kappa shape index (κ3) is 2.05. The second-order valence-electron chi connectivity index (χ2n) is 6.93. The van der Waals surface area contributed by atoms with Gasteiger partial charge in [-0.1, -0.05) is 27.7 Å². The summed E-state index contributed by atoms with van der Waals surface area (Å²) in [5.41, 5.74) is 3.61. The summed E-state index contributed by atoms with van der Waals surface area (Å²) in [5, 5.41) is 9.18. The molecule has 0 fully saturated rings. The van der Waals surface area contributed by atoms with Crippen LogP contribution < -0.4 is 0 Å². The van der Waals surface area contributed by atoms with E-state index in [0.29, 0.717) is 6.42 Å². The topological polar surface area (TPSA) is 41.1 Å². The van der Waals surface area contributed by atoms with Crippen molar-refractivity contribution in [1.82, 2.24) is 9.38 Å². The van der Waals surface area contributed by atoms with Crippen molar-refractivity contribution in [3.8, 4) is 6.07 Å². The van der Waals surface area contributed by atoms with E-state index in [9.17, 15) is 5.26 Å². The number of nitrogens with zero attached hydrogens (tertiary/aromatic N) is 3. The van der Waals surface area contributed by atoms with E-state index in [1.807, 2.05) is 11.3 Å². The molecule has 2 aromatic heterocycles. The Hall–Kier alpha value is -1.34. The molecular weight excluding hydrogens is 266 g/mol. The van der Waals surface area contributed by atoms with E-state index in [1.54, 1.807) is 0 Å². The van der Waals surface area contributed by atoms with Gasteiger partial charge in [-0.05, 0) is 25.2 Å². The Kier molecular flexibility index (Phi) is 3.13. The molecule has 2 aromatic rings. The summed E-state index contributed by atoms with van der Waals surface area (Å²) in [6, 6.07) is 2.32. The molecule has 1 unspecified atom stereocenters. The lowest BCUT2D eigenvalue weighted by atomic mass is 9.89. The highest BCUT2D eigenvalue weighted by molar-refractivity contribution is 7.17. The molecule has 0 amide bonds. The molecule has 2 heterocycles. The normalized spacial score (nSPS) is 19.1. The van der Waals surface area contributed by atoms with Crippen molar-refractivity contribution in [3.05, 3.63) is 22.0 Å². The van der Waals surface area contributed by atoms with Gasteiger partial charge in [-0.2, -0.15) is 5.26 Å². The van der Waals surface area contributed by atoms with Crippen LogP contribution in [-0.2, 0) is 24.7 Å². The lowest BCUT2D eigenvalue weighted by molar-refractivity contribution is 0.497. The third-order valence-electron chi connectivity index (χ3n) is 4.11. The molecule has 0 spiro atoms. The highest BCUT2D eigenvalue weighted by atomic mass is 32.1. The Morgan fingerprint density at radius 3 is 2.85 bits per heavy atom. The smallest absolute Gasteiger partial charge is 0.194 e. The summed E-state index contributed by atoms with van der Waals surface area (Å²) in [6.07, 6.45) is 3.98. The number of imidazole rings is 1. The molecule has 0 radical (unpaired) electrons. The standard InChI is InChI=1S/C16H21N3S/c1-10-5-6-11-13(9-10)20-15-18-14(16(2,3)4)12(7-8-17)19(11)15/h10H,5-7,9H2,1-4H3. The minimum atomic E-state index is -0.00718. The second kappa shape index (κ2) is 4.60. The molecule has 1 aliphatic rings. The zero-order valence-electron chi connectivity index (χ0n) is 12.7. The van der Waals surface area contributed by atoms with Gasteiger partial charge >= 0.3 is 0 Å². The Labute approximate surface area is 124 Å². The van der Waals surface area contributed by atoms with Crippen LogP contribution >= 0.6 is 11.3 Å². The first-order chi connectivity index (χ1) is 9.41. The quantitative estimate of drug-likeness (QED) is 0.798. The zero-order chi connectivity index (χ0) is 14.5. The van der Waals surface area contributed by atoms with Crippen molar-refractivity contribution in [1.29, 1.82) is 5.26 Å². The summed E-state index contributed by atoms with van der Waals surface area (Å²) in [7, 11) is 0. The monoisotopic (exact) mass is 287 g/mol. The minimum absolute atomic E-state index is 0.00718. The van der Waals surface area contributed by atoms with Crippen LogP contribution in [0.4, 0.5) is 0 Å². The Morgan fingerprint density at radius 2 is 2.20 bits per heavy atom. The Morgan fingerprint density at radius 1 is 1.45 bits per heavy atom. The van der Waals surface area contributed by atoms with Gasteiger partial charge in [0, 0.05) is 16.0 Å². The van der Waals surface area contributed by atoms with E-state index >= 15 is 0 Å². The molecule has 1 atom stereocenters. The van der Waals surface area contributed by atoms with E-state index in [4.69, 9.17) is 4.98 Å². The summed E-state index contributed by atoms with van der Waals surface area (Å²) in [5.74, 6) is 0.771. The number of hydrogen-bond acceptors (Lipinski definition) is 3. The minimum Gasteiger partial charge on any atom is -0.290 e. The highest BCUT2D eigenvalue weighted by Gasteiger charge is 2.28. The van der Waals surface area contributed by atoms with Gasteiger partial charge in [0.15, 0.2) is 4.96 Å². The molecule has 0 saturated carbocycles. The van der Waals surface area contributed by atoms with Crippen LogP contribution in [-0.4, -0.2) is 9.38 Å². The fourth-order valence-corrected chi connectivity index (χ4v) is 4.47. The van der Waals surface area contributed by atoms with Gasteiger partial charge in [0.25, 0.3) is 0 Å². The fourth-order valence-electron chi connectivity index (χ4n) is 3.12. The first-order valence-electron chi connectivity index (χ1n) is 7.31. The molecule has 106 valence electrons. The summed E-state index contributed by atoms with van der Waals surface area (Å²) in [6.45, 7) is 8.85. The molecule has 0 bridgehead atoms. The lowest BCUT2D eigenvalue weighted by Gasteiger charge is -2.20. The van der Waals surface area contributed by atoms with E-state index in [2.05, 4.69) is 38.2 Å². The van der Waals surface area contributed by atoms with Crippen molar-refractivity contribution in [2.45, 2.75) is 58.8 Å². The van der Waals surface area contributed by atoms with Gasteiger partial charge in [-0.25, -0.2) is 4.98 Å². The number of thiazole rings is 1. The van der Waals surface area contributed by atoms with Gasteiger partial charge < -0.3 is 0 Å². The number of nitriles is 1. The second-order valence-corrected chi connectivity index (χ2v) is 7.99. The molecule has 0 aliphatic heterocycles. The van der Waals surface area contributed by atoms with Gasteiger partial charge in [0.1, 0.15) is 0 Å². The number of hydrogen-bond donors (Lipinski definition) is 0. The van der Waals surface area contributed by atoms with E-state index < -0.39 is 0 Å². The maximum absolute atomic E-state index is 9.18. The van der Waals surface area contributed by atoms with Crippen LogP contribution in [0, 0.1) is 17.2 Å². The van der Waals surface area contributed by atoms with Crippen LogP contribution in [0.2, 0.25) is 0 Å². The average Bonchev–Trinajstić information content (AvgIpc) is 2.85. The molecule has 4 heteroatoms. The van der Waals surface area contributed by atoms with Crippen LogP contribution in [0.3, 0.4) is 0 Å². The van der Waals surface area contributed by atoms with Crippen molar-refractivity contribution < 1.29 is 0 Å². The lowest BCUT2D eigenvalue weighted by Crippen LogP contribution is -2.16. The molecule has 1 aliphatic carbocycles. The van der Waals surface area contributed by atoms with Crippen molar-refractivity contribution in [3.63, 3.8) is 0 Å². The van der Waals surface area contributed by atoms with Gasteiger partial charge in [0.05, 0.1) is 23.9 Å². The van der Waals surface area contributed by atoms with E-state index in [1.165, 1.54) is 23.4 Å². The first kappa shape index (κ1) is 13.6. The average molecular weight is 287 g/mol. The molecule has 3 rings (SSSR count). The van der Waals surface area contributed by atoms with Crippen molar-refractivity contribution >= 4 is 16.3 Å². The first-order valence-corrected chi connectivity index (χ1v) is 8.12. The van der Waals surface area contributed by atoms with Crippen LogP contribution in [0.15, 0.2) is 0 Å². The summed E-state index contributed by atoms with van der Waals surface area (Å²) in [4.78, 5) is 7.42. The fraction of sp³-hybridized carbons (Fsp3) is 0.625. The molecule has 0 aromatic carbocycles. The molecule has 0 N–H and O–H groups in total. The van der Waals surface area contributed by atoms with E-state index in [-0.39, 0.29) is 5.41 Å². The zero-order valence-corrected chi connectivity index (χ0v) is 13.5. The Balaban J connectivity index is 2.24. The number of rotatable bonds is 1. The molecule has 20 heavy (non-hydrogen) atoms. The predicted molar refractivity (Wildman–Crippen MR) is 82.3 cm³/mol. The molecule has 3 nitrogen and oxygen atoms in total. The van der Waals surface area contributed by atoms with E-state index in [0.717, 1.165) is 28.7 Å². The van der Waals surface area contributed by atoms with Gasteiger partial charge in [-0.3, -0.25) is 4.40 Å². The van der Waals surface area contributed by atoms with Gasteiger partial charge in [-0.15, -0.1) is 11.3 Å². The van der Waals surface area contributed by atoms with Crippen molar-refractivity contribution in [2.24, 2.45) is 5.92 Å². The molecular formula is C16H21N3S. The maximum atomic E-state index is 9.18. The van der Waals surface area contributed by atoms with Crippen molar-refractivity contribution in [2.75, 3.05) is 0 Å². The van der Waals surface area contributed by atoms with Crippen LogP contribution in [0.5, 0.6) is 0 Å². The summed E-state index contributed by atoms with van der Waals surface area (Å²) < 4.78 is 2.29. The largest absolute Gasteiger partial charge is 0.290 e. The number of aryl methyl sites for hydroxylation is 1. The maximum Gasteiger partial charge on any atom is 0.194 e.